The van der Waals surface area contributed by atoms with E-state index in [0.29, 0.717) is 18.9 Å². The lowest BCUT2D eigenvalue weighted by Gasteiger charge is -2.04. The zero-order valence-corrected chi connectivity index (χ0v) is 8.87. The number of amides is 1. The van der Waals surface area contributed by atoms with E-state index in [1.165, 1.54) is 0 Å². The van der Waals surface area contributed by atoms with Crippen LogP contribution in [0.1, 0.15) is 12.2 Å². The van der Waals surface area contributed by atoms with Crippen LogP contribution >= 0.6 is 11.6 Å². The first-order valence-corrected chi connectivity index (χ1v) is 5.05. The molecule has 5 nitrogen and oxygen atoms in total. The Morgan fingerprint density at radius 2 is 2.53 bits per heavy atom. The summed E-state index contributed by atoms with van der Waals surface area (Å²) in [6, 6.07) is 1.98. The van der Waals surface area contributed by atoms with E-state index in [0.717, 1.165) is 6.42 Å². The van der Waals surface area contributed by atoms with Crippen LogP contribution < -0.4 is 5.32 Å². The van der Waals surface area contributed by atoms with Gasteiger partial charge in [-0.3, -0.25) is 4.79 Å². The van der Waals surface area contributed by atoms with E-state index in [1.807, 2.05) is 6.07 Å². The van der Waals surface area contributed by atoms with Crippen molar-refractivity contribution in [2.24, 2.45) is 0 Å². The van der Waals surface area contributed by atoms with Gasteiger partial charge in [-0.2, -0.15) is 5.26 Å². The minimum atomic E-state index is -0.178. The van der Waals surface area contributed by atoms with E-state index in [9.17, 15) is 4.79 Å². The number of nitrogens with one attached hydrogen (secondary N) is 1. The summed E-state index contributed by atoms with van der Waals surface area (Å²) in [5.41, 5.74) is 0. The van der Waals surface area contributed by atoms with Gasteiger partial charge in [0.25, 0.3) is 0 Å². The maximum Gasteiger partial charge on any atom is 0.234 e. The van der Waals surface area contributed by atoms with Crippen molar-refractivity contribution < 1.29 is 4.79 Å². The Balaban J connectivity index is 2.27. The lowest BCUT2D eigenvalue weighted by atomic mass is 10.4. The van der Waals surface area contributed by atoms with Crippen molar-refractivity contribution >= 4 is 17.5 Å². The number of hydrogen-bond donors (Lipinski definition) is 1. The highest BCUT2D eigenvalue weighted by Gasteiger charge is 2.01. The van der Waals surface area contributed by atoms with E-state index in [1.54, 1.807) is 17.0 Å². The molecule has 0 radical (unpaired) electrons. The molecule has 80 valence electrons. The molecule has 0 unspecified atom stereocenters. The van der Waals surface area contributed by atoms with Crippen molar-refractivity contribution in [1.82, 2.24) is 14.9 Å². The fourth-order valence-electron chi connectivity index (χ4n) is 1.13. The Morgan fingerprint density at radius 3 is 3.20 bits per heavy atom. The van der Waals surface area contributed by atoms with E-state index in [2.05, 4.69) is 10.3 Å². The van der Waals surface area contributed by atoms with Gasteiger partial charge in [0.05, 0.1) is 0 Å². The van der Waals surface area contributed by atoms with Crippen LogP contribution in [-0.4, -0.2) is 27.9 Å². The summed E-state index contributed by atoms with van der Waals surface area (Å²) < 4.78 is 1.74. The molecule has 1 rings (SSSR count). The Bertz CT molecular complexity index is 368. The average Bonchev–Trinajstić information content (AvgIpc) is 2.71. The van der Waals surface area contributed by atoms with E-state index < -0.39 is 0 Å². The van der Waals surface area contributed by atoms with Crippen molar-refractivity contribution in [3.63, 3.8) is 0 Å². The Labute approximate surface area is 92.7 Å². The maximum atomic E-state index is 10.8. The molecular formula is C9H11ClN4O. The van der Waals surface area contributed by atoms with Crippen LogP contribution in [0.2, 0.25) is 0 Å². The van der Waals surface area contributed by atoms with Crippen LogP contribution in [0.5, 0.6) is 0 Å². The van der Waals surface area contributed by atoms with Gasteiger partial charge in [0, 0.05) is 25.5 Å². The molecule has 0 bridgehead atoms. The molecule has 0 atom stereocenters. The third-order valence-corrected chi connectivity index (χ3v) is 2.08. The number of carbonyl (C=O) groups is 1. The van der Waals surface area contributed by atoms with Gasteiger partial charge in [0.1, 0.15) is 11.9 Å². The average molecular weight is 227 g/mol. The number of halogens is 1. The third kappa shape index (κ3) is 3.60. The molecule has 0 saturated heterocycles. The summed E-state index contributed by atoms with van der Waals surface area (Å²) in [5, 5.41) is 11.3. The third-order valence-electron chi connectivity index (χ3n) is 1.83. The molecule has 0 spiro atoms. The fourth-order valence-corrected chi connectivity index (χ4v) is 1.22. The molecule has 0 aromatic carbocycles. The van der Waals surface area contributed by atoms with E-state index in [4.69, 9.17) is 16.9 Å². The van der Waals surface area contributed by atoms with Crippen LogP contribution in [0.25, 0.3) is 0 Å². The largest absolute Gasteiger partial charge is 0.355 e. The number of alkyl halides is 1. The van der Waals surface area contributed by atoms with E-state index >= 15 is 0 Å². The van der Waals surface area contributed by atoms with Crippen molar-refractivity contribution in [2.45, 2.75) is 13.0 Å². The van der Waals surface area contributed by atoms with E-state index in [-0.39, 0.29) is 11.8 Å². The highest BCUT2D eigenvalue weighted by molar-refractivity contribution is 6.27. The minimum absolute atomic E-state index is 0.0193. The minimum Gasteiger partial charge on any atom is -0.355 e. The molecule has 0 saturated carbocycles. The van der Waals surface area contributed by atoms with Gasteiger partial charge in [-0.25, -0.2) is 4.98 Å². The van der Waals surface area contributed by atoms with Gasteiger partial charge in [0.2, 0.25) is 11.7 Å². The van der Waals surface area contributed by atoms with Gasteiger partial charge in [0.15, 0.2) is 0 Å². The zero-order valence-electron chi connectivity index (χ0n) is 8.11. The van der Waals surface area contributed by atoms with Crippen molar-refractivity contribution in [2.75, 3.05) is 12.4 Å². The number of nitrogens with zero attached hydrogens (tertiary/aromatic N) is 3. The lowest BCUT2D eigenvalue weighted by molar-refractivity contribution is -0.118. The lowest BCUT2D eigenvalue weighted by Crippen LogP contribution is -2.26. The molecule has 1 amide bonds. The maximum absolute atomic E-state index is 10.8. The summed E-state index contributed by atoms with van der Waals surface area (Å²) in [6.07, 6.45) is 4.06. The molecule has 1 aromatic rings. The number of hydrogen-bond acceptors (Lipinski definition) is 3. The number of aromatic nitrogens is 2. The number of aryl methyl sites for hydroxylation is 1. The van der Waals surface area contributed by atoms with Gasteiger partial charge >= 0.3 is 0 Å². The number of carbonyl (C=O) groups excluding carboxylic acids is 1. The summed E-state index contributed by atoms with van der Waals surface area (Å²) in [7, 11) is 0. The van der Waals surface area contributed by atoms with Crippen LogP contribution in [0, 0.1) is 11.3 Å². The van der Waals surface area contributed by atoms with Crippen molar-refractivity contribution in [3.8, 4) is 6.07 Å². The first-order valence-electron chi connectivity index (χ1n) is 4.52. The highest BCUT2D eigenvalue weighted by Crippen LogP contribution is 1.96. The molecule has 6 heteroatoms. The van der Waals surface area contributed by atoms with Crippen molar-refractivity contribution in [1.29, 1.82) is 5.26 Å². The summed E-state index contributed by atoms with van der Waals surface area (Å²) in [6.45, 7) is 1.21. The van der Waals surface area contributed by atoms with Gasteiger partial charge in [-0.15, -0.1) is 11.6 Å². The molecule has 1 heterocycles. The smallest absolute Gasteiger partial charge is 0.234 e. The molecule has 0 aliphatic rings. The molecular weight excluding hydrogens is 216 g/mol. The number of nitriles is 1. The monoisotopic (exact) mass is 226 g/mol. The van der Waals surface area contributed by atoms with Gasteiger partial charge in [-0.1, -0.05) is 0 Å². The predicted octanol–water partition coefficient (Wildman–Crippen LogP) is 0.500. The van der Waals surface area contributed by atoms with Crippen LogP contribution in [0.3, 0.4) is 0 Å². The van der Waals surface area contributed by atoms with Crippen LogP contribution in [0.4, 0.5) is 0 Å². The summed E-state index contributed by atoms with van der Waals surface area (Å²) >= 11 is 5.31. The Morgan fingerprint density at radius 1 is 1.73 bits per heavy atom. The highest BCUT2D eigenvalue weighted by atomic mass is 35.5. The fraction of sp³-hybridized carbons (Fsp3) is 0.444. The Hall–Kier alpha value is -1.54. The molecule has 15 heavy (non-hydrogen) atoms. The molecule has 0 aliphatic heterocycles. The van der Waals surface area contributed by atoms with Gasteiger partial charge in [-0.05, 0) is 6.42 Å². The second-order valence-corrected chi connectivity index (χ2v) is 3.16. The number of rotatable bonds is 5. The number of imidazole rings is 1. The molecule has 0 fully saturated rings. The van der Waals surface area contributed by atoms with Crippen molar-refractivity contribution in [3.05, 3.63) is 18.2 Å². The first kappa shape index (κ1) is 11.5. The molecule has 1 N–H and O–H groups in total. The normalized spacial score (nSPS) is 9.60. The second-order valence-electron chi connectivity index (χ2n) is 2.89. The van der Waals surface area contributed by atoms with Gasteiger partial charge < -0.3 is 9.88 Å². The second kappa shape index (κ2) is 6.04. The topological polar surface area (TPSA) is 70.7 Å². The quantitative estimate of drug-likeness (QED) is 0.587. The SMILES string of the molecule is N#Cc1nccn1CCCNC(=O)CCl. The van der Waals surface area contributed by atoms with Crippen LogP contribution in [0.15, 0.2) is 12.4 Å². The van der Waals surface area contributed by atoms with Crippen LogP contribution in [-0.2, 0) is 11.3 Å². The zero-order chi connectivity index (χ0) is 11.1. The summed E-state index contributed by atoms with van der Waals surface area (Å²) in [5.74, 6) is 0.190. The standard InChI is InChI=1S/C9H11ClN4O/c10-6-9(15)13-2-1-4-14-5-3-12-8(14)7-11/h3,5H,1-2,4,6H2,(H,13,15). The predicted molar refractivity (Wildman–Crippen MR) is 55.3 cm³/mol. The summed E-state index contributed by atoms with van der Waals surface area (Å²) in [4.78, 5) is 14.6. The molecule has 0 aliphatic carbocycles. The molecule has 1 aromatic heterocycles. The Kier molecular flexibility index (Phi) is 4.64. The first-order chi connectivity index (χ1) is 7.27.